The van der Waals surface area contributed by atoms with E-state index in [-0.39, 0.29) is 0 Å². The average molecular weight is 763 g/mol. The van der Waals surface area contributed by atoms with Crippen LogP contribution in [0.5, 0.6) is 0 Å². The van der Waals surface area contributed by atoms with Gasteiger partial charge in [-0.25, -0.2) is 15.0 Å². The number of hydrogen-bond acceptors (Lipinski definition) is 5. The third-order valence-corrected chi connectivity index (χ3v) is 13.4. The quantitative estimate of drug-likeness (QED) is 0.175. The van der Waals surface area contributed by atoms with Gasteiger partial charge in [0, 0.05) is 47.6 Å². The van der Waals surface area contributed by atoms with Gasteiger partial charge in [0.1, 0.15) is 0 Å². The maximum absolute atomic E-state index is 5.31. The number of hydrogen-bond donors (Lipinski definition) is 0. The van der Waals surface area contributed by atoms with Gasteiger partial charge in [-0.1, -0.05) is 146 Å². The lowest BCUT2D eigenvalue weighted by molar-refractivity contribution is 1.08. The van der Waals surface area contributed by atoms with Crippen molar-refractivity contribution in [2.75, 3.05) is 0 Å². The molecule has 8 aromatic carbocycles. The number of thiophene rings is 2. The van der Waals surface area contributed by atoms with E-state index >= 15 is 0 Å². The maximum Gasteiger partial charge on any atom is 0.164 e. The van der Waals surface area contributed by atoms with Crippen LogP contribution in [-0.2, 0) is 0 Å². The zero-order valence-electron chi connectivity index (χ0n) is 30.4. The lowest BCUT2D eigenvalue weighted by Crippen LogP contribution is -2.01. The third kappa shape index (κ3) is 5.08. The Morgan fingerprint density at radius 3 is 1.86 bits per heavy atom. The van der Waals surface area contributed by atoms with Crippen LogP contribution in [0, 0.1) is 0 Å². The number of aromatic nitrogens is 4. The minimum atomic E-state index is 0.642. The van der Waals surface area contributed by atoms with Crippen molar-refractivity contribution in [1.82, 2.24) is 19.5 Å². The first kappa shape index (κ1) is 32.3. The van der Waals surface area contributed by atoms with Crippen LogP contribution < -0.4 is 0 Å². The summed E-state index contributed by atoms with van der Waals surface area (Å²) in [6.07, 6.45) is 0. The standard InChI is InChI=1S/C51H30N4S2/c1-3-14-31(15-4-1)34-19-13-20-35(30-34)50-52-49(33-17-5-2-6-18-33)53-51(54-50)39-27-28-41(48-44(39)38-23-10-12-25-42(38)56-48)55-40-24-11-9-22-37(40)47-46(55)45-36-21-8-7-16-32(36)26-29-43(45)57-47/h1-30H. The van der Waals surface area contributed by atoms with Crippen molar-refractivity contribution >= 4 is 84.8 Å². The minimum absolute atomic E-state index is 0.642. The molecule has 0 aliphatic rings. The molecule has 0 N–H and O–H groups in total. The van der Waals surface area contributed by atoms with E-state index in [0.29, 0.717) is 17.5 Å². The summed E-state index contributed by atoms with van der Waals surface area (Å²) < 4.78 is 7.54. The van der Waals surface area contributed by atoms with Gasteiger partial charge in [-0.3, -0.25) is 0 Å². The van der Waals surface area contributed by atoms with E-state index in [4.69, 9.17) is 15.0 Å². The van der Waals surface area contributed by atoms with Crippen molar-refractivity contribution in [2.45, 2.75) is 0 Å². The highest BCUT2D eigenvalue weighted by molar-refractivity contribution is 7.27. The maximum atomic E-state index is 5.31. The van der Waals surface area contributed by atoms with Crippen molar-refractivity contribution in [3.8, 4) is 51.0 Å². The van der Waals surface area contributed by atoms with E-state index in [1.54, 1.807) is 0 Å². The van der Waals surface area contributed by atoms with Gasteiger partial charge < -0.3 is 4.57 Å². The van der Waals surface area contributed by atoms with Gasteiger partial charge >= 0.3 is 0 Å². The lowest BCUT2D eigenvalue weighted by Gasteiger charge is -2.14. The van der Waals surface area contributed by atoms with Gasteiger partial charge in [-0.15, -0.1) is 22.7 Å². The smallest absolute Gasteiger partial charge is 0.164 e. The fourth-order valence-electron chi connectivity index (χ4n) is 8.47. The summed E-state index contributed by atoms with van der Waals surface area (Å²) in [4.78, 5) is 15.7. The topological polar surface area (TPSA) is 43.6 Å². The highest BCUT2D eigenvalue weighted by atomic mass is 32.1. The minimum Gasteiger partial charge on any atom is -0.306 e. The number of benzene rings is 8. The van der Waals surface area contributed by atoms with E-state index in [2.05, 4.69) is 162 Å². The van der Waals surface area contributed by atoms with E-state index in [1.807, 2.05) is 46.9 Å². The second-order valence-electron chi connectivity index (χ2n) is 14.3. The van der Waals surface area contributed by atoms with Crippen molar-refractivity contribution in [2.24, 2.45) is 0 Å². The highest BCUT2D eigenvalue weighted by Gasteiger charge is 2.24. The Morgan fingerprint density at radius 1 is 0.386 bits per heavy atom. The van der Waals surface area contributed by atoms with Gasteiger partial charge in [0.15, 0.2) is 17.5 Å². The molecule has 0 saturated carbocycles. The van der Waals surface area contributed by atoms with E-state index in [0.717, 1.165) is 38.9 Å². The van der Waals surface area contributed by atoms with Crippen LogP contribution in [-0.4, -0.2) is 19.5 Å². The summed E-state index contributed by atoms with van der Waals surface area (Å²) in [5.74, 6) is 1.94. The first-order valence-corrected chi connectivity index (χ1v) is 20.7. The Morgan fingerprint density at radius 2 is 1.02 bits per heavy atom. The molecule has 0 saturated heterocycles. The molecule has 0 radical (unpaired) electrons. The van der Waals surface area contributed by atoms with Crippen LogP contribution in [0.2, 0.25) is 0 Å². The van der Waals surface area contributed by atoms with Gasteiger partial charge in [-0.05, 0) is 58.3 Å². The number of para-hydroxylation sites is 1. The van der Waals surface area contributed by atoms with Crippen LogP contribution >= 0.6 is 22.7 Å². The largest absolute Gasteiger partial charge is 0.306 e. The van der Waals surface area contributed by atoms with Crippen molar-refractivity contribution in [1.29, 1.82) is 0 Å². The van der Waals surface area contributed by atoms with Gasteiger partial charge in [0.05, 0.1) is 26.1 Å². The molecule has 0 bridgehead atoms. The fraction of sp³-hybridized carbons (Fsp3) is 0. The third-order valence-electron chi connectivity index (χ3n) is 11.1. The normalized spacial score (nSPS) is 11.9. The molecule has 6 heteroatoms. The first-order valence-electron chi connectivity index (χ1n) is 19.0. The molecule has 0 unspecified atom stereocenters. The molecule has 4 heterocycles. The van der Waals surface area contributed by atoms with Gasteiger partial charge in [0.2, 0.25) is 0 Å². The highest BCUT2D eigenvalue weighted by Crippen LogP contribution is 2.48. The van der Waals surface area contributed by atoms with E-state index in [9.17, 15) is 0 Å². The Labute approximate surface area is 335 Å². The molecule has 0 spiro atoms. The first-order chi connectivity index (χ1) is 28.3. The average Bonchev–Trinajstić information content (AvgIpc) is 3.96. The molecule has 12 rings (SSSR count). The molecule has 12 aromatic rings. The number of nitrogens with zero attached hydrogens (tertiary/aromatic N) is 4. The zero-order valence-corrected chi connectivity index (χ0v) is 32.1. The summed E-state index contributed by atoms with van der Waals surface area (Å²) in [5.41, 5.74) is 8.75. The second-order valence-corrected chi connectivity index (χ2v) is 16.5. The van der Waals surface area contributed by atoms with Crippen molar-refractivity contribution in [3.05, 3.63) is 182 Å². The van der Waals surface area contributed by atoms with Crippen LogP contribution in [0.1, 0.15) is 0 Å². The fourth-order valence-corrected chi connectivity index (χ4v) is 10.9. The molecule has 0 aliphatic carbocycles. The molecule has 57 heavy (non-hydrogen) atoms. The van der Waals surface area contributed by atoms with Crippen LogP contribution in [0.3, 0.4) is 0 Å². The van der Waals surface area contributed by atoms with Crippen LogP contribution in [0.4, 0.5) is 0 Å². The molecule has 0 atom stereocenters. The summed E-state index contributed by atoms with van der Waals surface area (Å²) >= 11 is 3.72. The summed E-state index contributed by atoms with van der Waals surface area (Å²) in [6.45, 7) is 0. The second kappa shape index (κ2) is 12.8. The van der Waals surface area contributed by atoms with Crippen LogP contribution in [0.25, 0.3) is 113 Å². The Kier molecular flexibility index (Phi) is 7.24. The number of rotatable bonds is 5. The number of fused-ring (bicyclic) bond motifs is 10. The molecule has 266 valence electrons. The van der Waals surface area contributed by atoms with Gasteiger partial charge in [-0.2, -0.15) is 0 Å². The molecule has 4 nitrogen and oxygen atoms in total. The molecular weight excluding hydrogens is 733 g/mol. The van der Waals surface area contributed by atoms with Crippen molar-refractivity contribution in [3.63, 3.8) is 0 Å². The zero-order chi connectivity index (χ0) is 37.5. The summed E-state index contributed by atoms with van der Waals surface area (Å²) in [6, 6.07) is 64.6. The monoisotopic (exact) mass is 762 g/mol. The van der Waals surface area contributed by atoms with Crippen LogP contribution in [0.15, 0.2) is 182 Å². The SMILES string of the molecule is c1ccc(-c2cccc(-c3nc(-c4ccccc4)nc(-c4ccc(-n5c6ccccc6c6sc7ccc8ccccc8c7c65)c5sc6ccccc6c45)n3)c2)cc1. The molecule has 0 aliphatic heterocycles. The summed E-state index contributed by atoms with van der Waals surface area (Å²) in [5, 5.41) is 7.43. The van der Waals surface area contributed by atoms with E-state index in [1.165, 1.54) is 56.8 Å². The predicted molar refractivity (Wildman–Crippen MR) is 242 cm³/mol. The van der Waals surface area contributed by atoms with Gasteiger partial charge in [0.25, 0.3) is 0 Å². The Balaban J connectivity index is 1.15. The molecular formula is C51H30N4S2. The summed E-state index contributed by atoms with van der Waals surface area (Å²) in [7, 11) is 0. The van der Waals surface area contributed by atoms with Crippen molar-refractivity contribution < 1.29 is 0 Å². The molecule has 4 aromatic heterocycles. The molecule has 0 amide bonds. The Hall–Kier alpha value is -6.99. The lowest BCUT2D eigenvalue weighted by atomic mass is 10.0. The molecule has 0 fully saturated rings. The predicted octanol–water partition coefficient (Wildman–Crippen LogP) is 14.4. The Bertz CT molecular complexity index is 3530. The van der Waals surface area contributed by atoms with E-state index < -0.39 is 0 Å².